The summed E-state index contributed by atoms with van der Waals surface area (Å²) in [5.74, 6) is 0.408. The van der Waals surface area contributed by atoms with Gasteiger partial charge < -0.3 is 10.2 Å². The van der Waals surface area contributed by atoms with E-state index in [0.717, 1.165) is 24.3 Å². The van der Waals surface area contributed by atoms with Crippen molar-refractivity contribution in [2.75, 3.05) is 23.3 Å². The number of nitrogens with zero attached hydrogens (tertiary/aromatic N) is 7. The van der Waals surface area contributed by atoms with Crippen LogP contribution >= 0.6 is 0 Å². The Hall–Kier alpha value is -3.75. The van der Waals surface area contributed by atoms with Gasteiger partial charge in [0.15, 0.2) is 5.82 Å². The summed E-state index contributed by atoms with van der Waals surface area (Å²) in [5.41, 5.74) is 3.04. The lowest BCUT2D eigenvalue weighted by molar-refractivity contribution is 0.102. The van der Waals surface area contributed by atoms with Gasteiger partial charge in [0, 0.05) is 25.0 Å². The Morgan fingerprint density at radius 1 is 1.07 bits per heavy atom. The van der Waals surface area contributed by atoms with Crippen molar-refractivity contribution in [3.05, 3.63) is 61.1 Å². The first-order valence-electron chi connectivity index (χ1n) is 9.13. The lowest BCUT2D eigenvalue weighted by atomic mass is 10.2. The summed E-state index contributed by atoms with van der Waals surface area (Å²) >= 11 is 0. The molecule has 0 radical (unpaired) electrons. The highest BCUT2D eigenvalue weighted by molar-refractivity contribution is 6.09. The molecule has 1 saturated heterocycles. The highest BCUT2D eigenvalue weighted by Crippen LogP contribution is 2.23. The van der Waals surface area contributed by atoms with Crippen LogP contribution in [0.5, 0.6) is 0 Å². The highest BCUT2D eigenvalue weighted by atomic mass is 16.1. The Labute approximate surface area is 160 Å². The van der Waals surface area contributed by atoms with Gasteiger partial charge in [0.2, 0.25) is 0 Å². The van der Waals surface area contributed by atoms with E-state index in [9.17, 15) is 4.79 Å². The molecule has 28 heavy (non-hydrogen) atoms. The van der Waals surface area contributed by atoms with Crippen LogP contribution in [0.25, 0.3) is 11.3 Å². The first-order chi connectivity index (χ1) is 13.8. The number of rotatable bonds is 4. The molecule has 140 valence electrons. The molecule has 9 heteroatoms. The third-order valence-electron chi connectivity index (χ3n) is 4.88. The molecule has 4 aromatic rings. The zero-order valence-corrected chi connectivity index (χ0v) is 15.1. The van der Waals surface area contributed by atoms with Gasteiger partial charge >= 0.3 is 0 Å². The number of carbonyl (C=O) groups is 1. The van der Waals surface area contributed by atoms with Crippen LogP contribution in [0, 0.1) is 0 Å². The van der Waals surface area contributed by atoms with Crippen LogP contribution < -0.4 is 10.2 Å². The fraction of sp³-hybridized carbons (Fsp3) is 0.211. The van der Waals surface area contributed by atoms with Crippen LogP contribution in [0.4, 0.5) is 11.4 Å². The second-order valence-corrected chi connectivity index (χ2v) is 6.67. The van der Waals surface area contributed by atoms with Crippen LogP contribution in [0.3, 0.4) is 0 Å². The summed E-state index contributed by atoms with van der Waals surface area (Å²) in [5, 5.41) is 11.2. The monoisotopic (exact) mass is 374 g/mol. The Kier molecular flexibility index (Phi) is 3.97. The minimum absolute atomic E-state index is 0.219. The van der Waals surface area contributed by atoms with E-state index in [1.54, 1.807) is 40.1 Å². The van der Waals surface area contributed by atoms with Gasteiger partial charge in [-0.05, 0) is 37.1 Å². The third kappa shape index (κ3) is 2.96. The highest BCUT2D eigenvalue weighted by Gasteiger charge is 2.17. The first kappa shape index (κ1) is 16.4. The van der Waals surface area contributed by atoms with E-state index in [0.29, 0.717) is 17.1 Å². The molecule has 4 aromatic heterocycles. The number of hydrogen-bond donors (Lipinski definition) is 1. The second-order valence-electron chi connectivity index (χ2n) is 6.67. The van der Waals surface area contributed by atoms with Gasteiger partial charge in [-0.2, -0.15) is 10.2 Å². The van der Waals surface area contributed by atoms with Gasteiger partial charge in [-0.15, -0.1) is 0 Å². The number of carbonyl (C=O) groups excluding carboxylic acids is 1. The average molecular weight is 374 g/mol. The lowest BCUT2D eigenvalue weighted by Gasteiger charge is -2.17. The van der Waals surface area contributed by atoms with Crippen LogP contribution in [-0.2, 0) is 0 Å². The predicted molar refractivity (Wildman–Crippen MR) is 104 cm³/mol. The molecule has 1 amide bonds. The number of amides is 1. The minimum atomic E-state index is -0.219. The van der Waals surface area contributed by atoms with Crippen molar-refractivity contribution in [1.29, 1.82) is 0 Å². The Bertz CT molecular complexity index is 1110. The maximum atomic E-state index is 12.8. The molecular formula is C19H18N8O. The lowest BCUT2D eigenvalue weighted by Crippen LogP contribution is -2.18. The van der Waals surface area contributed by atoms with Crippen molar-refractivity contribution in [3.8, 4) is 5.82 Å². The van der Waals surface area contributed by atoms with Crippen LogP contribution in [0.15, 0.2) is 55.5 Å². The number of nitrogens with one attached hydrogen (secondary N) is 1. The average Bonchev–Trinajstić information content (AvgIpc) is 3.49. The van der Waals surface area contributed by atoms with Crippen molar-refractivity contribution >= 4 is 22.8 Å². The maximum absolute atomic E-state index is 12.8. The van der Waals surface area contributed by atoms with Gasteiger partial charge in [0.25, 0.3) is 5.91 Å². The summed E-state index contributed by atoms with van der Waals surface area (Å²) in [6, 6.07) is 7.62. The van der Waals surface area contributed by atoms with Gasteiger partial charge in [-0.1, -0.05) is 0 Å². The normalized spacial score (nSPS) is 13.9. The predicted octanol–water partition coefficient (Wildman–Crippen LogP) is 2.16. The Morgan fingerprint density at radius 2 is 1.96 bits per heavy atom. The van der Waals surface area contributed by atoms with E-state index in [-0.39, 0.29) is 5.91 Å². The smallest absolute Gasteiger partial charge is 0.259 e. The molecule has 1 aliphatic heterocycles. The number of pyridine rings is 2. The topological polar surface area (TPSA) is 93.2 Å². The van der Waals surface area contributed by atoms with E-state index >= 15 is 0 Å². The molecule has 5 heterocycles. The Morgan fingerprint density at radius 3 is 2.71 bits per heavy atom. The maximum Gasteiger partial charge on any atom is 0.259 e. The van der Waals surface area contributed by atoms with Crippen molar-refractivity contribution in [3.63, 3.8) is 0 Å². The van der Waals surface area contributed by atoms with E-state index in [1.807, 2.05) is 18.3 Å². The molecule has 1 fully saturated rings. The number of fused-ring (bicyclic) bond motifs is 1. The minimum Gasteiger partial charge on any atom is -0.371 e. The zero-order chi connectivity index (χ0) is 18.9. The van der Waals surface area contributed by atoms with Crippen LogP contribution in [-0.4, -0.2) is 48.4 Å². The van der Waals surface area contributed by atoms with E-state index in [2.05, 4.69) is 30.4 Å². The third-order valence-corrected chi connectivity index (χ3v) is 4.88. The molecule has 0 unspecified atom stereocenters. The fourth-order valence-corrected chi connectivity index (χ4v) is 3.44. The van der Waals surface area contributed by atoms with E-state index in [4.69, 9.17) is 0 Å². The Balaban J connectivity index is 1.38. The van der Waals surface area contributed by atoms with Gasteiger partial charge in [-0.3, -0.25) is 4.79 Å². The molecule has 0 spiro atoms. The number of hydrogen-bond acceptors (Lipinski definition) is 6. The first-order valence-corrected chi connectivity index (χ1v) is 9.13. The van der Waals surface area contributed by atoms with Crippen molar-refractivity contribution in [2.45, 2.75) is 12.8 Å². The van der Waals surface area contributed by atoms with E-state index < -0.39 is 0 Å². The molecule has 0 bridgehead atoms. The van der Waals surface area contributed by atoms with Crippen molar-refractivity contribution < 1.29 is 4.79 Å². The fourth-order valence-electron chi connectivity index (χ4n) is 3.44. The van der Waals surface area contributed by atoms with Gasteiger partial charge in [-0.25, -0.2) is 19.2 Å². The second kappa shape index (κ2) is 6.76. The standard InChI is InChI=1S/C19H18N8O/c28-19(24-14-3-4-18(21-10-14)27-13-20-12-23-27)16-11-22-26-8-5-15(9-17(16)26)25-6-1-2-7-25/h3-5,8-13H,1-2,6-7H2,(H,24,28). The van der Waals surface area contributed by atoms with Crippen LogP contribution in [0.2, 0.25) is 0 Å². The molecule has 0 aliphatic carbocycles. The van der Waals surface area contributed by atoms with Crippen molar-refractivity contribution in [2.24, 2.45) is 0 Å². The zero-order valence-electron chi connectivity index (χ0n) is 15.1. The molecule has 0 saturated carbocycles. The van der Waals surface area contributed by atoms with Crippen molar-refractivity contribution in [1.82, 2.24) is 29.4 Å². The molecule has 0 aromatic carbocycles. The van der Waals surface area contributed by atoms with E-state index in [1.165, 1.54) is 19.2 Å². The number of anilines is 2. The number of aromatic nitrogens is 6. The summed E-state index contributed by atoms with van der Waals surface area (Å²) in [6.45, 7) is 2.10. The van der Waals surface area contributed by atoms with Crippen LogP contribution in [0.1, 0.15) is 23.2 Å². The summed E-state index contributed by atoms with van der Waals surface area (Å²) in [7, 11) is 0. The summed E-state index contributed by atoms with van der Waals surface area (Å²) in [6.07, 6.45) is 10.5. The molecule has 1 N–H and O–H groups in total. The summed E-state index contributed by atoms with van der Waals surface area (Å²) in [4.78, 5) is 23.3. The quantitative estimate of drug-likeness (QED) is 0.588. The van der Waals surface area contributed by atoms with Gasteiger partial charge in [0.1, 0.15) is 12.7 Å². The molecular weight excluding hydrogens is 356 g/mol. The van der Waals surface area contributed by atoms with Gasteiger partial charge in [0.05, 0.1) is 29.2 Å². The SMILES string of the molecule is O=C(Nc1ccc(-n2cncn2)nc1)c1cnn2ccc(N3CCCC3)cc12. The molecule has 5 rings (SSSR count). The largest absolute Gasteiger partial charge is 0.371 e. The summed E-state index contributed by atoms with van der Waals surface area (Å²) < 4.78 is 3.28. The molecule has 0 atom stereocenters. The molecule has 1 aliphatic rings. The molecule has 9 nitrogen and oxygen atoms in total.